The standard InChI is InChI=1S/C21H24FN3O2S/c22-17-5-7-18(8-6-17)23-10-12-24(13-11-23)20(26)16-3-1-9-25(15-16)21(27)19-4-2-14-28-19/h2,4-8,14,16H,1,3,9-13,15H2. The van der Waals surface area contributed by atoms with Crippen molar-refractivity contribution in [1.29, 1.82) is 0 Å². The fraction of sp³-hybridized carbons (Fsp3) is 0.429. The zero-order chi connectivity index (χ0) is 19.5. The number of piperidine rings is 1. The van der Waals surface area contributed by atoms with E-state index >= 15 is 0 Å². The fourth-order valence-corrected chi connectivity index (χ4v) is 4.71. The van der Waals surface area contributed by atoms with Crippen LogP contribution in [0, 0.1) is 11.7 Å². The number of likely N-dealkylation sites (tertiary alicyclic amines) is 1. The van der Waals surface area contributed by atoms with E-state index in [0.29, 0.717) is 19.6 Å². The van der Waals surface area contributed by atoms with Crippen LogP contribution in [0.15, 0.2) is 41.8 Å². The number of carbonyl (C=O) groups is 2. The first kappa shape index (κ1) is 18.9. The normalized spacial score (nSPS) is 20.3. The Labute approximate surface area is 168 Å². The van der Waals surface area contributed by atoms with Crippen LogP contribution in [0.2, 0.25) is 0 Å². The van der Waals surface area contributed by atoms with Crippen molar-refractivity contribution in [1.82, 2.24) is 9.80 Å². The summed E-state index contributed by atoms with van der Waals surface area (Å²) >= 11 is 1.45. The number of carbonyl (C=O) groups excluding carboxylic acids is 2. The first-order chi connectivity index (χ1) is 13.6. The molecule has 148 valence electrons. The van der Waals surface area contributed by atoms with Crippen molar-refractivity contribution in [2.75, 3.05) is 44.2 Å². The number of hydrogen-bond acceptors (Lipinski definition) is 4. The maximum absolute atomic E-state index is 13.1. The Morgan fingerprint density at radius 1 is 0.964 bits per heavy atom. The summed E-state index contributed by atoms with van der Waals surface area (Å²) in [6.45, 7) is 4.02. The maximum atomic E-state index is 13.1. The minimum absolute atomic E-state index is 0.0358. The highest BCUT2D eigenvalue weighted by atomic mass is 32.1. The van der Waals surface area contributed by atoms with Crippen molar-refractivity contribution in [3.05, 3.63) is 52.5 Å². The van der Waals surface area contributed by atoms with E-state index in [0.717, 1.165) is 43.0 Å². The van der Waals surface area contributed by atoms with Crippen LogP contribution in [0.4, 0.5) is 10.1 Å². The molecule has 2 amide bonds. The lowest BCUT2D eigenvalue weighted by molar-refractivity contribution is -0.137. The molecule has 1 unspecified atom stereocenters. The highest BCUT2D eigenvalue weighted by Gasteiger charge is 2.33. The van der Waals surface area contributed by atoms with Crippen molar-refractivity contribution in [2.45, 2.75) is 12.8 Å². The van der Waals surface area contributed by atoms with Gasteiger partial charge in [0.1, 0.15) is 5.82 Å². The summed E-state index contributed by atoms with van der Waals surface area (Å²) in [6, 6.07) is 10.2. The Hall–Kier alpha value is -2.41. The zero-order valence-corrected chi connectivity index (χ0v) is 16.5. The monoisotopic (exact) mass is 401 g/mol. The molecule has 0 spiro atoms. The summed E-state index contributed by atoms with van der Waals surface area (Å²) in [5, 5.41) is 1.90. The Bertz CT molecular complexity index is 817. The van der Waals surface area contributed by atoms with E-state index in [4.69, 9.17) is 0 Å². The average Bonchev–Trinajstić information content (AvgIpc) is 3.28. The third kappa shape index (κ3) is 4.04. The van der Waals surface area contributed by atoms with Gasteiger partial charge in [-0.05, 0) is 48.6 Å². The topological polar surface area (TPSA) is 43.9 Å². The highest BCUT2D eigenvalue weighted by molar-refractivity contribution is 7.12. The summed E-state index contributed by atoms with van der Waals surface area (Å²) in [6.07, 6.45) is 1.70. The van der Waals surface area contributed by atoms with E-state index in [1.54, 1.807) is 12.1 Å². The SMILES string of the molecule is O=C(c1cccs1)N1CCCC(C(=O)N2CCN(c3ccc(F)cc3)CC2)C1. The summed E-state index contributed by atoms with van der Waals surface area (Å²) < 4.78 is 13.1. The van der Waals surface area contributed by atoms with Gasteiger partial charge in [-0.25, -0.2) is 4.39 Å². The molecule has 0 N–H and O–H groups in total. The molecule has 2 aromatic rings. The van der Waals surface area contributed by atoms with Gasteiger partial charge in [0, 0.05) is 45.0 Å². The van der Waals surface area contributed by atoms with E-state index in [1.165, 1.54) is 23.5 Å². The minimum Gasteiger partial charge on any atom is -0.368 e. The number of piperazine rings is 1. The van der Waals surface area contributed by atoms with Gasteiger partial charge in [0.05, 0.1) is 10.8 Å². The largest absolute Gasteiger partial charge is 0.368 e. The van der Waals surface area contributed by atoms with Gasteiger partial charge in [-0.1, -0.05) is 6.07 Å². The van der Waals surface area contributed by atoms with Gasteiger partial charge in [-0.2, -0.15) is 0 Å². The number of halogens is 1. The molecule has 2 aliphatic heterocycles. The molecule has 1 atom stereocenters. The molecule has 0 aliphatic carbocycles. The molecule has 2 aliphatic rings. The lowest BCUT2D eigenvalue weighted by atomic mass is 9.96. The van der Waals surface area contributed by atoms with Gasteiger partial charge in [-0.3, -0.25) is 9.59 Å². The smallest absolute Gasteiger partial charge is 0.263 e. The molecule has 4 rings (SSSR count). The number of anilines is 1. The number of hydrogen-bond donors (Lipinski definition) is 0. The number of nitrogens with zero attached hydrogens (tertiary/aromatic N) is 3. The van der Waals surface area contributed by atoms with Gasteiger partial charge in [0.25, 0.3) is 5.91 Å². The minimum atomic E-state index is -0.239. The van der Waals surface area contributed by atoms with E-state index in [9.17, 15) is 14.0 Å². The van der Waals surface area contributed by atoms with E-state index in [-0.39, 0.29) is 23.5 Å². The number of benzene rings is 1. The van der Waals surface area contributed by atoms with Crippen LogP contribution in [0.25, 0.3) is 0 Å². The molecule has 0 saturated carbocycles. The van der Waals surface area contributed by atoms with Crippen LogP contribution >= 0.6 is 11.3 Å². The average molecular weight is 402 g/mol. The van der Waals surface area contributed by atoms with Crippen molar-refractivity contribution >= 4 is 28.8 Å². The first-order valence-electron chi connectivity index (χ1n) is 9.74. The maximum Gasteiger partial charge on any atom is 0.263 e. The molecule has 0 radical (unpaired) electrons. The van der Waals surface area contributed by atoms with Gasteiger partial charge >= 0.3 is 0 Å². The van der Waals surface area contributed by atoms with Crippen molar-refractivity contribution in [3.8, 4) is 0 Å². The predicted molar refractivity (Wildman–Crippen MR) is 108 cm³/mol. The second kappa shape index (κ2) is 8.31. The Balaban J connectivity index is 1.33. The Kier molecular flexibility index (Phi) is 5.62. The van der Waals surface area contributed by atoms with Crippen LogP contribution in [-0.2, 0) is 4.79 Å². The van der Waals surface area contributed by atoms with Gasteiger partial charge in [0.15, 0.2) is 0 Å². The molecule has 1 aromatic carbocycles. The highest BCUT2D eigenvalue weighted by Crippen LogP contribution is 2.24. The zero-order valence-electron chi connectivity index (χ0n) is 15.7. The van der Waals surface area contributed by atoms with Crippen LogP contribution in [0.3, 0.4) is 0 Å². The summed E-state index contributed by atoms with van der Waals surface area (Å²) in [5.41, 5.74) is 0.985. The molecular weight excluding hydrogens is 377 g/mol. The summed E-state index contributed by atoms with van der Waals surface area (Å²) in [5.74, 6) is -0.164. The van der Waals surface area contributed by atoms with Gasteiger partial charge in [0.2, 0.25) is 5.91 Å². The molecule has 1 aromatic heterocycles. The van der Waals surface area contributed by atoms with E-state index in [2.05, 4.69) is 4.90 Å². The predicted octanol–water partition coefficient (Wildman–Crippen LogP) is 3.09. The first-order valence-corrected chi connectivity index (χ1v) is 10.6. The quantitative estimate of drug-likeness (QED) is 0.794. The summed E-state index contributed by atoms with van der Waals surface area (Å²) in [7, 11) is 0. The molecule has 28 heavy (non-hydrogen) atoms. The van der Waals surface area contributed by atoms with E-state index < -0.39 is 0 Å². The second-order valence-corrected chi connectivity index (χ2v) is 8.30. The molecule has 0 bridgehead atoms. The van der Waals surface area contributed by atoms with Gasteiger partial charge in [-0.15, -0.1) is 11.3 Å². The van der Waals surface area contributed by atoms with Crippen LogP contribution < -0.4 is 4.90 Å². The number of thiophene rings is 1. The fourth-order valence-electron chi connectivity index (χ4n) is 4.01. The Morgan fingerprint density at radius 2 is 1.71 bits per heavy atom. The third-order valence-electron chi connectivity index (χ3n) is 5.57. The Morgan fingerprint density at radius 3 is 2.39 bits per heavy atom. The lowest BCUT2D eigenvalue weighted by Gasteiger charge is -2.39. The third-order valence-corrected chi connectivity index (χ3v) is 6.43. The molecule has 2 saturated heterocycles. The molecule has 5 nitrogen and oxygen atoms in total. The second-order valence-electron chi connectivity index (χ2n) is 7.36. The summed E-state index contributed by atoms with van der Waals surface area (Å²) in [4.78, 5) is 32.3. The molecule has 3 heterocycles. The van der Waals surface area contributed by atoms with Crippen LogP contribution in [0.1, 0.15) is 22.5 Å². The van der Waals surface area contributed by atoms with E-state index in [1.807, 2.05) is 27.3 Å². The molecular formula is C21H24FN3O2S. The van der Waals surface area contributed by atoms with Crippen molar-refractivity contribution < 1.29 is 14.0 Å². The van der Waals surface area contributed by atoms with Crippen molar-refractivity contribution in [3.63, 3.8) is 0 Å². The van der Waals surface area contributed by atoms with Crippen LogP contribution in [-0.4, -0.2) is 60.9 Å². The number of rotatable bonds is 3. The molecule has 2 fully saturated rings. The van der Waals surface area contributed by atoms with Crippen molar-refractivity contribution in [2.24, 2.45) is 5.92 Å². The number of amides is 2. The lowest BCUT2D eigenvalue weighted by Crippen LogP contribution is -2.53. The molecule has 7 heteroatoms. The van der Waals surface area contributed by atoms with Crippen LogP contribution in [0.5, 0.6) is 0 Å². The van der Waals surface area contributed by atoms with Gasteiger partial charge < -0.3 is 14.7 Å².